The number of phosphoric ester groups is 2. The molecule has 2 aromatic rings. The number of alkyl halides is 1. The van der Waals surface area contributed by atoms with Crippen molar-refractivity contribution in [3.8, 4) is 0 Å². The minimum Gasteiger partial charge on any atom is -0.390 e. The van der Waals surface area contributed by atoms with E-state index in [4.69, 9.17) is 13.8 Å². The number of ketones is 2. The van der Waals surface area contributed by atoms with Crippen molar-refractivity contribution in [1.82, 2.24) is 5.32 Å². The largest absolute Gasteiger partial charge is 0.481 e. The van der Waals surface area contributed by atoms with Gasteiger partial charge in [0.05, 0.1) is 25.9 Å². The van der Waals surface area contributed by atoms with E-state index in [9.17, 15) is 43.2 Å². The zero-order chi connectivity index (χ0) is 45.2. The molecule has 4 fully saturated rings. The molecule has 2 aromatic carbocycles. The molecule has 2 aliphatic heterocycles. The molecule has 8 rings (SSSR count). The van der Waals surface area contributed by atoms with Crippen LogP contribution < -0.4 is 10.2 Å². The fourth-order valence-corrected chi connectivity index (χ4v) is 13.9. The fourth-order valence-electron chi connectivity index (χ4n) is 11.9. The van der Waals surface area contributed by atoms with E-state index in [2.05, 4.69) is 16.2 Å². The molecule has 2 amide bonds. The molecule has 1 spiro atoms. The van der Waals surface area contributed by atoms with Crippen molar-refractivity contribution < 1.29 is 65.7 Å². The van der Waals surface area contributed by atoms with Gasteiger partial charge in [-0.15, -0.1) is 6.58 Å². The highest BCUT2D eigenvalue weighted by Gasteiger charge is 2.81. The summed E-state index contributed by atoms with van der Waals surface area (Å²) in [4.78, 5) is 74.8. The van der Waals surface area contributed by atoms with Gasteiger partial charge >= 0.3 is 15.6 Å². The number of amides is 2. The summed E-state index contributed by atoms with van der Waals surface area (Å²) in [6, 6.07) is 15.4. The molecule has 4 aliphatic carbocycles. The maximum absolute atomic E-state index is 17.5. The van der Waals surface area contributed by atoms with Crippen molar-refractivity contribution in [2.75, 3.05) is 31.3 Å². The van der Waals surface area contributed by atoms with Gasteiger partial charge in [-0.25, -0.2) is 13.5 Å². The predicted octanol–water partition coefficient (Wildman–Crippen LogP) is 6.13. The molecule has 0 radical (unpaired) electrons. The maximum Gasteiger partial charge on any atom is 0.481 e. The van der Waals surface area contributed by atoms with E-state index in [1.54, 1.807) is 24.8 Å². The van der Waals surface area contributed by atoms with Gasteiger partial charge in [0.25, 0.3) is 0 Å². The van der Waals surface area contributed by atoms with Crippen LogP contribution in [0.5, 0.6) is 0 Å². The molecule has 3 saturated carbocycles. The number of allylic oxidation sites excluding steroid dienone is 5. The zero-order valence-corrected chi connectivity index (χ0v) is 36.9. The smallest absolute Gasteiger partial charge is 0.390 e. The Kier molecular flexibility index (Phi) is 12.2. The van der Waals surface area contributed by atoms with Gasteiger partial charge in [0.1, 0.15) is 12.2 Å². The number of aliphatic hydroxyl groups is 1. The molecule has 0 bridgehead atoms. The Bertz CT molecular complexity index is 2390. The lowest BCUT2D eigenvalue weighted by molar-refractivity contribution is -0.309. The van der Waals surface area contributed by atoms with E-state index < -0.39 is 86.5 Å². The summed E-state index contributed by atoms with van der Waals surface area (Å²) in [6.07, 6.45) is 5.99. The lowest BCUT2D eigenvalue weighted by atomic mass is 9.43. The Morgan fingerprint density at radius 3 is 2.49 bits per heavy atom. The monoisotopic (exact) mass is 910 g/mol. The number of fused-ring (bicyclic) bond motifs is 6. The van der Waals surface area contributed by atoms with Crippen molar-refractivity contribution in [1.29, 1.82) is 0 Å². The van der Waals surface area contributed by atoms with E-state index in [0.29, 0.717) is 37.8 Å². The van der Waals surface area contributed by atoms with E-state index in [0.717, 1.165) is 22.4 Å². The summed E-state index contributed by atoms with van der Waals surface area (Å²) >= 11 is 0. The van der Waals surface area contributed by atoms with Crippen LogP contribution in [0.2, 0.25) is 0 Å². The summed E-state index contributed by atoms with van der Waals surface area (Å²) in [7, 11) is -10.7. The number of nitrogens with zero attached hydrogens (tertiary/aromatic N) is 1. The molecule has 1 saturated heterocycles. The minimum absolute atomic E-state index is 0.0453. The number of carbonyl (C=O) groups excluding carboxylic acids is 4. The van der Waals surface area contributed by atoms with Crippen LogP contribution in [0.3, 0.4) is 0 Å². The average Bonchev–Trinajstić information content (AvgIpc) is 3.39. The molecule has 11 atom stereocenters. The topological polar surface area (TPSA) is 215 Å². The molecule has 2 heterocycles. The lowest BCUT2D eigenvalue weighted by Gasteiger charge is -2.67. The number of hydrogen-bond donors (Lipinski definition) is 4. The first-order valence-electron chi connectivity index (χ1n) is 21.3. The summed E-state index contributed by atoms with van der Waals surface area (Å²) in [6.45, 7) is 5.79. The van der Waals surface area contributed by atoms with Gasteiger partial charge in [0, 0.05) is 47.7 Å². The van der Waals surface area contributed by atoms with Crippen molar-refractivity contribution in [2.45, 2.75) is 88.6 Å². The number of Topliss-reactive ketones (excluding diaryl/α,β-unsaturated/α-hetero) is 1. The summed E-state index contributed by atoms with van der Waals surface area (Å²) < 4.78 is 63.3. The van der Waals surface area contributed by atoms with Crippen molar-refractivity contribution in [2.24, 2.45) is 28.6 Å². The van der Waals surface area contributed by atoms with Crippen LogP contribution in [-0.2, 0) is 59.4 Å². The van der Waals surface area contributed by atoms with Crippen LogP contribution in [0.4, 0.5) is 10.1 Å². The van der Waals surface area contributed by atoms with Gasteiger partial charge in [0.15, 0.2) is 17.2 Å². The molecule has 18 heteroatoms. The first-order chi connectivity index (χ1) is 29.8. The summed E-state index contributed by atoms with van der Waals surface area (Å²) in [5.74, 6) is -3.36. The Hall–Kier alpha value is -3.95. The van der Waals surface area contributed by atoms with Gasteiger partial charge < -0.3 is 29.8 Å². The molecule has 6 aliphatic rings. The highest BCUT2D eigenvalue weighted by atomic mass is 31.3. The normalized spacial score (nSPS) is 34.6. The molecular weight excluding hydrogens is 857 g/mol. The molecule has 63 heavy (non-hydrogen) atoms. The Morgan fingerprint density at radius 1 is 1.05 bits per heavy atom. The number of hydrogen-bond acceptors (Lipinski definition) is 11. The van der Waals surface area contributed by atoms with Crippen LogP contribution in [0.1, 0.15) is 75.0 Å². The number of benzene rings is 2. The Morgan fingerprint density at radius 2 is 1.76 bits per heavy atom. The highest BCUT2D eigenvalue weighted by molar-refractivity contribution is 7.61. The lowest BCUT2D eigenvalue weighted by Crippen LogP contribution is -2.76. The SMILES string of the molecule is C=CC1Cc2ccccc2N(C(=O)CCC(=O)NCCOP(=O)(O)OP(=O)(O)OCC(=O)[C@]23OC[C@@]24C[C@H](O)[C@@]2(F)[C@@H](CCC5=CC(=O)C=C[C@@]52C)[C@@H]4C[C@H]3C)Cc2ccccc21. The fraction of sp³-hybridized carbons (Fsp3) is 0.511. The van der Waals surface area contributed by atoms with Crippen molar-refractivity contribution >= 4 is 44.7 Å². The number of aliphatic hydroxyl groups excluding tert-OH is 1. The van der Waals surface area contributed by atoms with Crippen LogP contribution in [0, 0.1) is 28.6 Å². The van der Waals surface area contributed by atoms with Gasteiger partial charge in [0.2, 0.25) is 11.8 Å². The van der Waals surface area contributed by atoms with Crippen LogP contribution in [0.15, 0.2) is 85.0 Å². The predicted molar refractivity (Wildman–Crippen MR) is 227 cm³/mol. The number of anilines is 1. The van der Waals surface area contributed by atoms with Crippen LogP contribution >= 0.6 is 15.6 Å². The van der Waals surface area contributed by atoms with Crippen molar-refractivity contribution in [3.63, 3.8) is 0 Å². The second-order valence-electron chi connectivity index (χ2n) is 17.9. The third-order valence-electron chi connectivity index (χ3n) is 14.8. The van der Waals surface area contributed by atoms with Gasteiger partial charge in [-0.3, -0.25) is 28.2 Å². The van der Waals surface area contributed by atoms with E-state index in [1.807, 2.05) is 54.6 Å². The third-order valence-corrected chi connectivity index (χ3v) is 17.4. The maximum atomic E-state index is 17.5. The molecular formula is C45H53FN2O13P2. The van der Waals surface area contributed by atoms with Gasteiger partial charge in [-0.2, -0.15) is 4.31 Å². The highest BCUT2D eigenvalue weighted by Crippen LogP contribution is 2.75. The van der Waals surface area contributed by atoms with Crippen molar-refractivity contribution in [3.05, 3.63) is 102 Å². The Labute approximate surface area is 364 Å². The number of para-hydroxylation sites is 1. The van der Waals surface area contributed by atoms with E-state index in [-0.39, 0.29) is 50.0 Å². The first-order valence-corrected chi connectivity index (χ1v) is 24.3. The molecule has 15 nitrogen and oxygen atoms in total. The second kappa shape index (κ2) is 16.8. The number of rotatable bonds is 14. The van der Waals surface area contributed by atoms with E-state index >= 15 is 4.39 Å². The van der Waals surface area contributed by atoms with Crippen LogP contribution in [0.25, 0.3) is 0 Å². The number of ether oxygens (including phenoxy) is 1. The standard InChI is InChI=1S/C45H53FN2O13P2/c1-4-29-22-30-9-6-8-12-37(30)48(25-31-10-5-7-11-34(29)31)41(53)16-15-40(52)47-19-20-59-62(54,55)61-63(56,57)60-26-39(51)45-28(2)21-36-35-14-13-32-23-33(49)17-18-42(32,3)44(35,46)38(50)24-43(36,45)27-58-45/h4-12,17-18,23,28-29,35-36,38,50H,1,13-16,19-22,24-27H2,2-3H3,(H,47,52)(H,54,55)(H,56,57)/t28-,29?,35+,36+,38+,42+,43-,44+,45+/m1/s1. The molecule has 338 valence electrons. The van der Waals surface area contributed by atoms with Gasteiger partial charge in [-0.05, 0) is 85.8 Å². The number of phosphoric acid groups is 2. The summed E-state index contributed by atoms with van der Waals surface area (Å²) in [5, 5.41) is 14.1. The number of halogens is 1. The van der Waals surface area contributed by atoms with Gasteiger partial charge in [-0.1, -0.05) is 67.1 Å². The molecule has 3 unspecified atom stereocenters. The molecule has 0 aromatic heterocycles. The minimum atomic E-state index is -5.43. The number of nitrogens with one attached hydrogen (secondary N) is 1. The van der Waals surface area contributed by atoms with Crippen LogP contribution in [-0.4, -0.2) is 82.0 Å². The summed E-state index contributed by atoms with van der Waals surface area (Å²) in [5.41, 5.74) is -1.59. The first kappa shape index (κ1) is 45.6. The average molecular weight is 911 g/mol. The Balaban J connectivity index is 0.822. The quantitative estimate of drug-likeness (QED) is 0.0956. The van der Waals surface area contributed by atoms with E-state index in [1.165, 1.54) is 12.2 Å². The second-order valence-corrected chi connectivity index (χ2v) is 21.0. The number of carbonyl (C=O) groups is 4. The zero-order valence-electron chi connectivity index (χ0n) is 35.2. The molecule has 4 N–H and O–H groups in total. The third kappa shape index (κ3) is 7.68.